The summed E-state index contributed by atoms with van der Waals surface area (Å²) in [6.45, 7) is 2.06. The number of pyridine rings is 1. The number of carbonyl (C=O) groups is 1. The van der Waals surface area contributed by atoms with E-state index in [0.717, 1.165) is 10.0 Å². The number of halogens is 1. The van der Waals surface area contributed by atoms with Gasteiger partial charge in [-0.1, -0.05) is 18.2 Å². The number of aryl methyl sites for hydroxylation is 1. The molecule has 3 N–H and O–H groups in total. The van der Waals surface area contributed by atoms with Crippen LogP contribution in [-0.4, -0.2) is 10.5 Å². The van der Waals surface area contributed by atoms with E-state index in [-0.39, 0.29) is 11.5 Å². The van der Waals surface area contributed by atoms with Crippen LogP contribution < -0.4 is 16.8 Å². The highest BCUT2D eigenvalue weighted by atomic mass is 79.9. The molecule has 0 unspecified atom stereocenters. The van der Waals surface area contributed by atoms with Crippen molar-refractivity contribution in [2.24, 2.45) is 5.84 Å². The van der Waals surface area contributed by atoms with Crippen LogP contribution in [-0.2, 0) is 6.54 Å². The van der Waals surface area contributed by atoms with Crippen molar-refractivity contribution in [3.8, 4) is 0 Å². The van der Waals surface area contributed by atoms with Crippen molar-refractivity contribution in [2.75, 3.05) is 0 Å². The highest BCUT2D eigenvalue weighted by molar-refractivity contribution is 9.10. The first-order valence-corrected chi connectivity index (χ1v) is 6.77. The Morgan fingerprint density at radius 1 is 1.40 bits per heavy atom. The van der Waals surface area contributed by atoms with E-state index in [0.29, 0.717) is 17.7 Å². The zero-order chi connectivity index (χ0) is 14.7. The molecule has 0 saturated carbocycles. The summed E-state index contributed by atoms with van der Waals surface area (Å²) in [7, 11) is 0. The van der Waals surface area contributed by atoms with E-state index in [2.05, 4.69) is 21.4 Å². The van der Waals surface area contributed by atoms with Gasteiger partial charge in [0, 0.05) is 21.8 Å². The molecule has 1 aromatic heterocycles. The van der Waals surface area contributed by atoms with Gasteiger partial charge in [0.05, 0.1) is 6.54 Å². The summed E-state index contributed by atoms with van der Waals surface area (Å²) in [5.74, 6) is 4.79. The average molecular weight is 336 g/mol. The van der Waals surface area contributed by atoms with Crippen LogP contribution in [0.5, 0.6) is 0 Å². The Labute approximate surface area is 124 Å². The molecule has 5 nitrogen and oxygen atoms in total. The molecule has 2 aromatic rings. The molecule has 0 bridgehead atoms. The Morgan fingerprint density at radius 2 is 2.10 bits per heavy atom. The van der Waals surface area contributed by atoms with E-state index in [4.69, 9.17) is 5.84 Å². The Balaban J connectivity index is 2.46. The van der Waals surface area contributed by atoms with Crippen LogP contribution in [0.25, 0.3) is 0 Å². The molecular weight excluding hydrogens is 322 g/mol. The van der Waals surface area contributed by atoms with Gasteiger partial charge in [-0.05, 0) is 40.5 Å². The predicted molar refractivity (Wildman–Crippen MR) is 80.3 cm³/mol. The predicted octanol–water partition coefficient (Wildman–Crippen LogP) is 1.57. The lowest BCUT2D eigenvalue weighted by Crippen LogP contribution is -2.31. The van der Waals surface area contributed by atoms with Crippen molar-refractivity contribution in [3.05, 3.63) is 68.0 Å². The maximum atomic E-state index is 12.1. The zero-order valence-electron chi connectivity index (χ0n) is 10.9. The fourth-order valence-corrected chi connectivity index (χ4v) is 2.59. The summed E-state index contributed by atoms with van der Waals surface area (Å²) >= 11 is 3.36. The first-order valence-electron chi connectivity index (χ1n) is 5.98. The van der Waals surface area contributed by atoms with Crippen molar-refractivity contribution >= 4 is 21.8 Å². The van der Waals surface area contributed by atoms with Crippen LogP contribution in [0, 0.1) is 6.92 Å². The molecule has 0 aliphatic rings. The third-order valence-corrected chi connectivity index (χ3v) is 3.40. The minimum Gasteiger partial charge on any atom is -0.310 e. The van der Waals surface area contributed by atoms with Gasteiger partial charge in [0.2, 0.25) is 0 Å². The van der Waals surface area contributed by atoms with Gasteiger partial charge in [0.15, 0.2) is 0 Å². The molecule has 2 rings (SSSR count). The largest absolute Gasteiger partial charge is 0.310 e. The van der Waals surface area contributed by atoms with Crippen molar-refractivity contribution in [2.45, 2.75) is 13.5 Å². The minimum atomic E-state index is -0.375. The van der Waals surface area contributed by atoms with E-state index in [1.54, 1.807) is 42.0 Å². The molecular formula is C14H14BrN3O2. The number of nitrogens with two attached hydrogens (primary N) is 1. The van der Waals surface area contributed by atoms with Crippen molar-refractivity contribution in [3.63, 3.8) is 0 Å². The zero-order valence-corrected chi connectivity index (χ0v) is 12.5. The topological polar surface area (TPSA) is 77.1 Å². The normalized spacial score (nSPS) is 10.3. The van der Waals surface area contributed by atoms with Gasteiger partial charge in [0.25, 0.3) is 11.5 Å². The quantitative estimate of drug-likeness (QED) is 0.507. The maximum absolute atomic E-state index is 12.1. The smallest absolute Gasteiger partial charge is 0.265 e. The van der Waals surface area contributed by atoms with Crippen LogP contribution in [0.3, 0.4) is 0 Å². The van der Waals surface area contributed by atoms with Gasteiger partial charge < -0.3 is 4.57 Å². The van der Waals surface area contributed by atoms with E-state index < -0.39 is 0 Å². The van der Waals surface area contributed by atoms with E-state index in [1.165, 1.54) is 0 Å². The van der Waals surface area contributed by atoms with Crippen molar-refractivity contribution in [1.82, 2.24) is 9.99 Å². The Morgan fingerprint density at radius 3 is 2.80 bits per heavy atom. The van der Waals surface area contributed by atoms with Crippen molar-refractivity contribution < 1.29 is 4.79 Å². The van der Waals surface area contributed by atoms with Crippen LogP contribution in [0.1, 0.15) is 21.5 Å². The van der Waals surface area contributed by atoms with Crippen LogP contribution in [0.4, 0.5) is 0 Å². The number of hydrogen-bond donors (Lipinski definition) is 2. The number of benzene rings is 1. The van der Waals surface area contributed by atoms with Crippen LogP contribution >= 0.6 is 15.9 Å². The summed E-state index contributed by atoms with van der Waals surface area (Å²) in [6, 6.07) is 8.81. The average Bonchev–Trinajstić information content (AvgIpc) is 2.44. The van der Waals surface area contributed by atoms with Gasteiger partial charge in [0.1, 0.15) is 0 Å². The van der Waals surface area contributed by atoms with Gasteiger partial charge in [-0.2, -0.15) is 0 Å². The van der Waals surface area contributed by atoms with Gasteiger partial charge in [-0.3, -0.25) is 15.0 Å². The Kier molecular flexibility index (Phi) is 4.36. The fourth-order valence-electron chi connectivity index (χ4n) is 2.00. The van der Waals surface area contributed by atoms with Crippen molar-refractivity contribution in [1.29, 1.82) is 0 Å². The second-order valence-corrected chi connectivity index (χ2v) is 5.32. The number of nitrogens with one attached hydrogen (secondary N) is 1. The Bertz CT molecular complexity index is 710. The first kappa shape index (κ1) is 14.5. The van der Waals surface area contributed by atoms with Crippen LogP contribution in [0.2, 0.25) is 0 Å². The second-order valence-electron chi connectivity index (χ2n) is 4.40. The highest BCUT2D eigenvalue weighted by Crippen LogP contribution is 2.13. The molecule has 1 heterocycles. The Hall–Kier alpha value is -1.92. The fraction of sp³-hybridized carbons (Fsp3) is 0.143. The number of amides is 1. The molecule has 0 saturated heterocycles. The molecule has 1 aromatic carbocycles. The molecule has 6 heteroatoms. The number of nitrogens with zero attached hydrogens (tertiary/aromatic N) is 1. The van der Waals surface area contributed by atoms with E-state index >= 15 is 0 Å². The van der Waals surface area contributed by atoms with E-state index in [9.17, 15) is 9.59 Å². The third kappa shape index (κ3) is 2.97. The summed E-state index contributed by atoms with van der Waals surface area (Å²) in [6.07, 6.45) is 1.70. The summed E-state index contributed by atoms with van der Waals surface area (Å²) in [5.41, 5.74) is 3.85. The molecule has 0 aliphatic carbocycles. The molecule has 0 radical (unpaired) electrons. The minimum absolute atomic E-state index is 0.0869. The lowest BCUT2D eigenvalue weighted by Gasteiger charge is -2.11. The number of hydrogen-bond acceptors (Lipinski definition) is 3. The summed E-state index contributed by atoms with van der Waals surface area (Å²) < 4.78 is 2.37. The summed E-state index contributed by atoms with van der Waals surface area (Å²) in [4.78, 5) is 23.8. The number of hydrazine groups is 1. The number of aromatic nitrogens is 1. The molecule has 20 heavy (non-hydrogen) atoms. The highest BCUT2D eigenvalue weighted by Gasteiger charge is 2.11. The molecule has 104 valence electrons. The van der Waals surface area contributed by atoms with Gasteiger partial charge >= 0.3 is 0 Å². The SMILES string of the molecule is Cc1cc(Br)cn(Cc2ccccc2C(=O)NN)c1=O. The second kappa shape index (κ2) is 6.02. The maximum Gasteiger partial charge on any atom is 0.265 e. The van der Waals surface area contributed by atoms with E-state index in [1.807, 2.05) is 6.07 Å². The monoisotopic (exact) mass is 335 g/mol. The van der Waals surface area contributed by atoms with Gasteiger partial charge in [-0.15, -0.1) is 0 Å². The van der Waals surface area contributed by atoms with Gasteiger partial charge in [-0.25, -0.2) is 5.84 Å². The third-order valence-electron chi connectivity index (χ3n) is 2.97. The molecule has 0 fully saturated rings. The molecule has 1 amide bonds. The number of nitrogen functional groups attached to an aromatic ring is 1. The lowest BCUT2D eigenvalue weighted by atomic mass is 10.1. The first-order chi connectivity index (χ1) is 9.52. The summed E-state index contributed by atoms with van der Waals surface area (Å²) in [5, 5.41) is 0. The lowest BCUT2D eigenvalue weighted by molar-refractivity contribution is 0.0952. The number of rotatable bonds is 3. The molecule has 0 spiro atoms. The van der Waals surface area contributed by atoms with Crippen LogP contribution in [0.15, 0.2) is 45.8 Å². The standard InChI is InChI=1S/C14H14BrN3O2/c1-9-6-11(15)8-18(14(9)20)7-10-4-2-3-5-12(10)13(19)17-16/h2-6,8H,7,16H2,1H3,(H,17,19). The molecule has 0 aliphatic heterocycles. The molecule has 0 atom stereocenters. The number of carbonyl (C=O) groups excluding carboxylic acids is 1.